The van der Waals surface area contributed by atoms with Crippen molar-refractivity contribution in [2.45, 2.75) is 30.6 Å². The van der Waals surface area contributed by atoms with Gasteiger partial charge < -0.3 is 9.84 Å². The van der Waals surface area contributed by atoms with E-state index in [0.717, 1.165) is 19.4 Å². The van der Waals surface area contributed by atoms with E-state index >= 15 is 0 Å². The molecule has 0 spiro atoms. The molecule has 2 aromatic heterocycles. The van der Waals surface area contributed by atoms with Gasteiger partial charge in [-0.15, -0.1) is 0 Å². The van der Waals surface area contributed by atoms with Crippen molar-refractivity contribution >= 4 is 22.8 Å². The number of thioether (sulfide) groups is 1. The fraction of sp³-hybridized carbons (Fsp3) is 0.500. The standard InChI is InChI=1S/C14H17N3O3S/c18-6-8-21-14-16-12-11(4-1-5-15-12)13(19)17(14)9-10-3-2-7-20-10/h1,4-5,10,18H,2-3,6-9H2/t10-/m1/s1. The van der Waals surface area contributed by atoms with Crippen molar-refractivity contribution in [3.8, 4) is 0 Å². The van der Waals surface area contributed by atoms with Crippen LogP contribution in [0.4, 0.5) is 0 Å². The van der Waals surface area contributed by atoms with Crippen LogP contribution < -0.4 is 5.56 Å². The Balaban J connectivity index is 2.04. The van der Waals surface area contributed by atoms with Crippen LogP contribution in [0.3, 0.4) is 0 Å². The summed E-state index contributed by atoms with van der Waals surface area (Å²) in [6.07, 6.45) is 3.68. The molecule has 0 amide bonds. The maximum absolute atomic E-state index is 12.7. The zero-order chi connectivity index (χ0) is 14.7. The number of rotatable bonds is 5. The molecule has 1 aliphatic heterocycles. The predicted octanol–water partition coefficient (Wildman–Crippen LogP) is 1.05. The molecule has 0 aliphatic carbocycles. The van der Waals surface area contributed by atoms with Crippen LogP contribution in [0.15, 0.2) is 28.3 Å². The fourth-order valence-corrected chi connectivity index (χ4v) is 3.17. The Labute approximate surface area is 126 Å². The van der Waals surface area contributed by atoms with Crippen LogP contribution in [-0.2, 0) is 11.3 Å². The number of pyridine rings is 1. The normalized spacial score (nSPS) is 18.4. The molecular weight excluding hydrogens is 290 g/mol. The lowest BCUT2D eigenvalue weighted by Gasteiger charge is -2.15. The number of aromatic nitrogens is 3. The van der Waals surface area contributed by atoms with Crippen LogP contribution in [0, 0.1) is 0 Å². The summed E-state index contributed by atoms with van der Waals surface area (Å²) in [4.78, 5) is 21.3. The van der Waals surface area contributed by atoms with Gasteiger partial charge in [0, 0.05) is 18.6 Å². The van der Waals surface area contributed by atoms with Crippen LogP contribution in [-0.4, -0.2) is 44.7 Å². The van der Waals surface area contributed by atoms with Gasteiger partial charge in [0.15, 0.2) is 10.8 Å². The molecule has 1 aliphatic rings. The lowest BCUT2D eigenvalue weighted by atomic mass is 10.2. The van der Waals surface area contributed by atoms with E-state index in [9.17, 15) is 4.79 Å². The first-order chi connectivity index (χ1) is 10.3. The van der Waals surface area contributed by atoms with Crippen molar-refractivity contribution in [1.82, 2.24) is 14.5 Å². The van der Waals surface area contributed by atoms with Gasteiger partial charge in [-0.3, -0.25) is 9.36 Å². The minimum atomic E-state index is -0.0935. The maximum Gasteiger partial charge on any atom is 0.263 e. The summed E-state index contributed by atoms with van der Waals surface area (Å²) in [6.45, 7) is 1.30. The molecule has 2 aromatic rings. The maximum atomic E-state index is 12.7. The minimum Gasteiger partial charge on any atom is -0.396 e. The summed E-state index contributed by atoms with van der Waals surface area (Å²) in [7, 11) is 0. The lowest BCUT2D eigenvalue weighted by Crippen LogP contribution is -2.29. The molecule has 0 unspecified atom stereocenters. The Morgan fingerprint density at radius 3 is 3.19 bits per heavy atom. The van der Waals surface area contributed by atoms with Crippen LogP contribution in [0.25, 0.3) is 11.0 Å². The highest BCUT2D eigenvalue weighted by Gasteiger charge is 2.20. The van der Waals surface area contributed by atoms with E-state index in [1.807, 2.05) is 0 Å². The van der Waals surface area contributed by atoms with Gasteiger partial charge in [-0.05, 0) is 25.0 Å². The molecule has 0 bridgehead atoms. The van der Waals surface area contributed by atoms with E-state index in [1.165, 1.54) is 11.8 Å². The number of ether oxygens (including phenoxy) is 1. The molecule has 112 valence electrons. The van der Waals surface area contributed by atoms with E-state index in [0.29, 0.717) is 28.5 Å². The molecular formula is C14H17N3O3S. The van der Waals surface area contributed by atoms with Gasteiger partial charge in [-0.1, -0.05) is 11.8 Å². The van der Waals surface area contributed by atoms with E-state index in [4.69, 9.17) is 9.84 Å². The summed E-state index contributed by atoms with van der Waals surface area (Å²) in [6, 6.07) is 3.48. The summed E-state index contributed by atoms with van der Waals surface area (Å²) in [5.41, 5.74) is 0.357. The summed E-state index contributed by atoms with van der Waals surface area (Å²) in [5.74, 6) is 0.496. The number of aliphatic hydroxyl groups excluding tert-OH is 1. The van der Waals surface area contributed by atoms with Crippen LogP contribution in [0.5, 0.6) is 0 Å². The number of aliphatic hydroxyl groups is 1. The first kappa shape index (κ1) is 14.5. The van der Waals surface area contributed by atoms with Gasteiger partial charge in [-0.2, -0.15) is 0 Å². The topological polar surface area (TPSA) is 77.2 Å². The Kier molecular flexibility index (Phi) is 4.52. The molecule has 1 atom stereocenters. The quantitative estimate of drug-likeness (QED) is 0.657. The van der Waals surface area contributed by atoms with E-state index in [-0.39, 0.29) is 18.3 Å². The smallest absolute Gasteiger partial charge is 0.263 e. The van der Waals surface area contributed by atoms with Gasteiger partial charge in [0.05, 0.1) is 24.6 Å². The van der Waals surface area contributed by atoms with Gasteiger partial charge in [0.1, 0.15) is 0 Å². The largest absolute Gasteiger partial charge is 0.396 e. The Hall–Kier alpha value is -1.44. The Morgan fingerprint density at radius 1 is 1.52 bits per heavy atom. The van der Waals surface area contributed by atoms with Crippen molar-refractivity contribution < 1.29 is 9.84 Å². The summed E-state index contributed by atoms with van der Waals surface area (Å²) < 4.78 is 7.27. The van der Waals surface area contributed by atoms with Crippen molar-refractivity contribution in [3.05, 3.63) is 28.7 Å². The second-order valence-corrected chi connectivity index (χ2v) is 5.95. The molecule has 0 radical (unpaired) electrons. The lowest BCUT2D eigenvalue weighted by molar-refractivity contribution is 0.0937. The van der Waals surface area contributed by atoms with Crippen molar-refractivity contribution in [1.29, 1.82) is 0 Å². The molecule has 3 heterocycles. The highest BCUT2D eigenvalue weighted by Crippen LogP contribution is 2.19. The first-order valence-electron chi connectivity index (χ1n) is 7.00. The number of nitrogens with zero attached hydrogens (tertiary/aromatic N) is 3. The molecule has 7 heteroatoms. The van der Waals surface area contributed by atoms with E-state index in [2.05, 4.69) is 9.97 Å². The molecule has 6 nitrogen and oxygen atoms in total. The Bertz CT molecular complexity index is 683. The van der Waals surface area contributed by atoms with Crippen molar-refractivity contribution in [2.75, 3.05) is 19.0 Å². The highest BCUT2D eigenvalue weighted by molar-refractivity contribution is 7.99. The third-order valence-corrected chi connectivity index (χ3v) is 4.38. The zero-order valence-corrected chi connectivity index (χ0v) is 12.4. The summed E-state index contributed by atoms with van der Waals surface area (Å²) in [5, 5.41) is 10.1. The van der Waals surface area contributed by atoms with E-state index < -0.39 is 0 Å². The summed E-state index contributed by atoms with van der Waals surface area (Å²) >= 11 is 1.37. The van der Waals surface area contributed by atoms with Gasteiger partial charge in [0.25, 0.3) is 5.56 Å². The number of fused-ring (bicyclic) bond motifs is 1. The van der Waals surface area contributed by atoms with Crippen molar-refractivity contribution in [2.24, 2.45) is 0 Å². The van der Waals surface area contributed by atoms with E-state index in [1.54, 1.807) is 22.9 Å². The molecule has 1 saturated heterocycles. The monoisotopic (exact) mass is 307 g/mol. The molecule has 21 heavy (non-hydrogen) atoms. The predicted molar refractivity (Wildman–Crippen MR) is 80.6 cm³/mol. The molecule has 0 saturated carbocycles. The van der Waals surface area contributed by atoms with Crippen molar-refractivity contribution in [3.63, 3.8) is 0 Å². The third kappa shape index (κ3) is 3.09. The number of hydrogen-bond donors (Lipinski definition) is 1. The average Bonchev–Trinajstić information content (AvgIpc) is 3.01. The number of hydrogen-bond acceptors (Lipinski definition) is 6. The molecule has 1 N–H and O–H groups in total. The Morgan fingerprint density at radius 2 is 2.43 bits per heavy atom. The van der Waals surface area contributed by atoms with Crippen LogP contribution in [0.2, 0.25) is 0 Å². The fourth-order valence-electron chi connectivity index (χ4n) is 2.44. The first-order valence-corrected chi connectivity index (χ1v) is 7.99. The highest BCUT2D eigenvalue weighted by atomic mass is 32.2. The van der Waals surface area contributed by atoms with Crippen LogP contribution in [0.1, 0.15) is 12.8 Å². The second-order valence-electron chi connectivity index (χ2n) is 4.89. The molecule has 0 aromatic carbocycles. The molecule has 1 fully saturated rings. The van der Waals surface area contributed by atoms with Crippen LogP contribution >= 0.6 is 11.8 Å². The van der Waals surface area contributed by atoms with Gasteiger partial charge in [-0.25, -0.2) is 9.97 Å². The van der Waals surface area contributed by atoms with Gasteiger partial charge in [0.2, 0.25) is 0 Å². The second kappa shape index (κ2) is 6.55. The minimum absolute atomic E-state index is 0.0424. The zero-order valence-electron chi connectivity index (χ0n) is 11.6. The SMILES string of the molecule is O=c1c2cccnc2nc(SCCO)n1C[C@H]1CCCO1. The molecule has 3 rings (SSSR count). The van der Waals surface area contributed by atoms with Gasteiger partial charge >= 0.3 is 0 Å². The average molecular weight is 307 g/mol. The third-order valence-electron chi connectivity index (χ3n) is 3.43.